The third kappa shape index (κ3) is 5.39. The van der Waals surface area contributed by atoms with Gasteiger partial charge in [-0.05, 0) is 45.4 Å². The van der Waals surface area contributed by atoms with Crippen molar-refractivity contribution in [2.24, 2.45) is 0 Å². The minimum absolute atomic E-state index is 0.00977. The number of hydrogen-bond donors (Lipinski definition) is 1. The monoisotopic (exact) mass is 459 g/mol. The number of anilines is 1. The van der Waals surface area contributed by atoms with Crippen molar-refractivity contribution in [2.45, 2.75) is 32.9 Å². The Balaban J connectivity index is 1.68. The third-order valence-electron chi connectivity index (χ3n) is 4.23. The molecule has 162 valence electrons. The zero-order valence-corrected chi connectivity index (χ0v) is 19.1. The van der Waals surface area contributed by atoms with Crippen LogP contribution in [0.5, 0.6) is 0 Å². The van der Waals surface area contributed by atoms with Crippen molar-refractivity contribution >= 4 is 45.8 Å². The second-order valence-electron chi connectivity index (χ2n) is 6.61. The van der Waals surface area contributed by atoms with Crippen molar-refractivity contribution in [2.75, 3.05) is 17.7 Å². The summed E-state index contributed by atoms with van der Waals surface area (Å²) in [7, 11) is 0. The van der Waals surface area contributed by atoms with E-state index in [-0.39, 0.29) is 39.8 Å². The number of benzene rings is 1. The van der Waals surface area contributed by atoms with Crippen LogP contribution in [0.3, 0.4) is 0 Å². The van der Waals surface area contributed by atoms with Crippen LogP contribution in [0.2, 0.25) is 0 Å². The first-order valence-corrected chi connectivity index (χ1v) is 11.2. The van der Waals surface area contributed by atoms with E-state index in [0.29, 0.717) is 16.3 Å². The van der Waals surface area contributed by atoms with Crippen LogP contribution in [-0.4, -0.2) is 40.2 Å². The van der Waals surface area contributed by atoms with Gasteiger partial charge in [0.1, 0.15) is 5.00 Å². The minimum Gasteiger partial charge on any atom is -0.462 e. The number of carbonyl (C=O) groups excluding carboxylic acids is 3. The van der Waals surface area contributed by atoms with Gasteiger partial charge in [0, 0.05) is 5.56 Å². The van der Waals surface area contributed by atoms with Gasteiger partial charge in [0.2, 0.25) is 11.8 Å². The van der Waals surface area contributed by atoms with Gasteiger partial charge in [-0.3, -0.25) is 9.59 Å². The molecule has 0 saturated heterocycles. The maximum Gasteiger partial charge on any atom is 0.341 e. The molecule has 0 aliphatic carbocycles. The summed E-state index contributed by atoms with van der Waals surface area (Å²) < 4.78 is 10.7. The number of aryl methyl sites for hydroxylation is 1. The van der Waals surface area contributed by atoms with E-state index in [4.69, 9.17) is 9.15 Å². The number of ketones is 1. The third-order valence-corrected chi connectivity index (χ3v) is 6.36. The second-order valence-corrected chi connectivity index (χ2v) is 8.56. The molecule has 0 aliphatic rings. The molecular weight excluding hydrogens is 438 g/mol. The number of thiophene rings is 1. The molecule has 31 heavy (non-hydrogen) atoms. The molecule has 0 bridgehead atoms. The van der Waals surface area contributed by atoms with E-state index in [1.165, 1.54) is 6.92 Å². The Hall–Kier alpha value is -2.98. The molecule has 3 rings (SSSR count). The lowest BCUT2D eigenvalue weighted by atomic mass is 10.1. The minimum atomic E-state index is -0.577. The highest BCUT2D eigenvalue weighted by Crippen LogP contribution is 2.34. The highest BCUT2D eigenvalue weighted by molar-refractivity contribution is 7.99. The Morgan fingerprint density at radius 2 is 1.87 bits per heavy atom. The van der Waals surface area contributed by atoms with E-state index in [0.717, 1.165) is 34.2 Å². The number of carbonyl (C=O) groups is 3. The second kappa shape index (κ2) is 9.88. The molecule has 0 atom stereocenters. The topological polar surface area (TPSA) is 111 Å². The first-order chi connectivity index (χ1) is 14.8. The summed E-state index contributed by atoms with van der Waals surface area (Å²) >= 11 is 2.14. The van der Waals surface area contributed by atoms with Gasteiger partial charge >= 0.3 is 5.97 Å². The first kappa shape index (κ1) is 22.7. The summed E-state index contributed by atoms with van der Waals surface area (Å²) in [6.07, 6.45) is 0. The molecule has 0 unspecified atom stereocenters. The van der Waals surface area contributed by atoms with Gasteiger partial charge < -0.3 is 14.5 Å². The number of nitrogens with one attached hydrogen (secondary N) is 1. The number of esters is 1. The molecule has 0 fully saturated rings. The molecule has 1 aromatic carbocycles. The molecule has 0 radical (unpaired) electrons. The van der Waals surface area contributed by atoms with Crippen LogP contribution in [0.4, 0.5) is 5.00 Å². The maximum atomic E-state index is 12.5. The fourth-order valence-corrected chi connectivity index (χ4v) is 4.43. The molecule has 10 heteroatoms. The zero-order valence-electron chi connectivity index (χ0n) is 17.5. The van der Waals surface area contributed by atoms with Gasteiger partial charge in [0.25, 0.3) is 5.22 Å². The molecule has 2 heterocycles. The molecule has 2 aromatic heterocycles. The number of rotatable bonds is 8. The standard InChI is InChI=1S/C21H21N3O5S2/c1-5-28-20(27)16-12(3)17(13(4)25)31-19(16)22-15(26)10-30-21-24-23-18(29-21)14-8-6-11(2)7-9-14/h6-9H,5,10H2,1-4H3,(H,22,26). The van der Waals surface area contributed by atoms with Crippen molar-refractivity contribution in [3.63, 3.8) is 0 Å². The lowest BCUT2D eigenvalue weighted by Crippen LogP contribution is -2.16. The summed E-state index contributed by atoms with van der Waals surface area (Å²) in [4.78, 5) is 37.1. The van der Waals surface area contributed by atoms with Crippen LogP contribution < -0.4 is 5.32 Å². The molecule has 3 aromatic rings. The predicted octanol–water partition coefficient (Wildman–Crippen LogP) is 4.53. The lowest BCUT2D eigenvalue weighted by Gasteiger charge is -2.06. The molecule has 1 amide bonds. The lowest BCUT2D eigenvalue weighted by molar-refractivity contribution is -0.113. The summed E-state index contributed by atoms with van der Waals surface area (Å²) in [5.74, 6) is -0.775. The van der Waals surface area contributed by atoms with E-state index < -0.39 is 5.97 Å². The Kier molecular flexibility index (Phi) is 7.24. The van der Waals surface area contributed by atoms with Gasteiger partial charge in [-0.25, -0.2) is 4.79 Å². The number of ether oxygens (including phenoxy) is 1. The van der Waals surface area contributed by atoms with Crippen LogP contribution in [-0.2, 0) is 9.53 Å². The van der Waals surface area contributed by atoms with E-state index >= 15 is 0 Å². The van der Waals surface area contributed by atoms with E-state index in [1.807, 2.05) is 31.2 Å². The van der Waals surface area contributed by atoms with Crippen molar-refractivity contribution in [1.82, 2.24) is 10.2 Å². The summed E-state index contributed by atoms with van der Waals surface area (Å²) in [5.41, 5.74) is 2.61. The number of hydrogen-bond acceptors (Lipinski definition) is 9. The highest BCUT2D eigenvalue weighted by atomic mass is 32.2. The maximum absolute atomic E-state index is 12.5. The summed E-state index contributed by atoms with van der Waals surface area (Å²) in [6, 6.07) is 7.65. The number of aromatic nitrogens is 2. The Morgan fingerprint density at radius 1 is 1.16 bits per heavy atom. The van der Waals surface area contributed by atoms with E-state index in [9.17, 15) is 14.4 Å². The Labute approximate surface area is 187 Å². The fraction of sp³-hybridized carbons (Fsp3) is 0.286. The molecular formula is C21H21N3O5S2. The number of amides is 1. The van der Waals surface area contributed by atoms with Crippen LogP contribution in [0.1, 0.15) is 45.0 Å². The average Bonchev–Trinajstić information content (AvgIpc) is 3.32. The summed E-state index contributed by atoms with van der Waals surface area (Å²) in [6.45, 7) is 6.94. The molecule has 8 nitrogen and oxygen atoms in total. The van der Waals surface area contributed by atoms with E-state index in [1.54, 1.807) is 13.8 Å². The highest BCUT2D eigenvalue weighted by Gasteiger charge is 2.25. The molecule has 0 aliphatic heterocycles. The van der Waals surface area contributed by atoms with Crippen LogP contribution in [0, 0.1) is 13.8 Å². The number of thioether (sulfide) groups is 1. The molecule has 0 spiro atoms. The molecule has 0 saturated carbocycles. The van der Waals surface area contributed by atoms with Gasteiger partial charge in [0.05, 0.1) is 22.8 Å². The van der Waals surface area contributed by atoms with Gasteiger partial charge in [-0.1, -0.05) is 29.5 Å². The largest absolute Gasteiger partial charge is 0.462 e. The van der Waals surface area contributed by atoms with Crippen molar-refractivity contribution in [3.05, 3.63) is 45.8 Å². The van der Waals surface area contributed by atoms with E-state index in [2.05, 4.69) is 15.5 Å². The van der Waals surface area contributed by atoms with Crippen LogP contribution in [0.25, 0.3) is 11.5 Å². The van der Waals surface area contributed by atoms with Gasteiger partial charge in [-0.2, -0.15) is 0 Å². The SMILES string of the molecule is CCOC(=O)c1c(NC(=O)CSc2nnc(-c3ccc(C)cc3)o2)sc(C(C)=O)c1C. The van der Waals surface area contributed by atoms with Crippen LogP contribution >= 0.6 is 23.1 Å². The van der Waals surface area contributed by atoms with Crippen LogP contribution in [0.15, 0.2) is 33.9 Å². The van der Waals surface area contributed by atoms with Crippen molar-refractivity contribution in [1.29, 1.82) is 0 Å². The van der Waals surface area contributed by atoms with Crippen molar-refractivity contribution in [3.8, 4) is 11.5 Å². The number of Topliss-reactive ketones (excluding diaryl/α,β-unsaturated/α-hetero) is 1. The average molecular weight is 460 g/mol. The summed E-state index contributed by atoms with van der Waals surface area (Å²) in [5, 5.41) is 11.2. The zero-order chi connectivity index (χ0) is 22.5. The quantitative estimate of drug-likeness (QED) is 0.297. The predicted molar refractivity (Wildman–Crippen MR) is 119 cm³/mol. The first-order valence-electron chi connectivity index (χ1n) is 9.44. The normalized spacial score (nSPS) is 10.7. The fourth-order valence-electron chi connectivity index (χ4n) is 2.76. The smallest absolute Gasteiger partial charge is 0.341 e. The Morgan fingerprint density at radius 3 is 2.52 bits per heavy atom. The van der Waals surface area contributed by atoms with Gasteiger partial charge in [0.15, 0.2) is 5.78 Å². The van der Waals surface area contributed by atoms with Gasteiger partial charge in [-0.15, -0.1) is 21.5 Å². The Bertz CT molecular complexity index is 1120. The van der Waals surface area contributed by atoms with Crippen molar-refractivity contribution < 1.29 is 23.5 Å². The number of nitrogens with zero attached hydrogens (tertiary/aromatic N) is 2. The molecule has 1 N–H and O–H groups in total.